The Morgan fingerprint density at radius 1 is 1.22 bits per heavy atom. The van der Waals surface area contributed by atoms with Gasteiger partial charge in [0.15, 0.2) is 0 Å². The van der Waals surface area contributed by atoms with Crippen molar-refractivity contribution in [1.29, 1.82) is 0 Å². The van der Waals surface area contributed by atoms with Crippen LogP contribution in [0.1, 0.15) is 12.5 Å². The lowest BCUT2D eigenvalue weighted by atomic mass is 10.0. The predicted octanol–water partition coefficient (Wildman–Crippen LogP) is 3.43. The molecule has 0 unspecified atom stereocenters. The zero-order valence-corrected chi connectivity index (χ0v) is 10.7. The Balaban J connectivity index is 1.91. The Morgan fingerprint density at radius 3 is 2.78 bits per heavy atom. The molecule has 2 heteroatoms. The van der Waals surface area contributed by atoms with E-state index in [0.717, 1.165) is 32.0 Å². The van der Waals surface area contributed by atoms with Gasteiger partial charge in [-0.05, 0) is 23.4 Å². The van der Waals surface area contributed by atoms with Crippen LogP contribution >= 0.6 is 0 Å². The Bertz CT molecular complexity index is 544. The fraction of sp³-hybridized carbons (Fsp3) is 0.375. The molecule has 3 rings (SSSR count). The van der Waals surface area contributed by atoms with E-state index in [-0.39, 0.29) is 0 Å². The largest absolute Gasteiger partial charge is 0.492 e. The van der Waals surface area contributed by atoms with Crippen LogP contribution in [-0.4, -0.2) is 19.8 Å². The van der Waals surface area contributed by atoms with Crippen LogP contribution in [0.4, 0.5) is 0 Å². The Morgan fingerprint density at radius 2 is 2.06 bits per heavy atom. The molecule has 1 aliphatic heterocycles. The van der Waals surface area contributed by atoms with E-state index in [1.54, 1.807) is 0 Å². The van der Waals surface area contributed by atoms with Gasteiger partial charge >= 0.3 is 0 Å². The Hall–Kier alpha value is -1.54. The highest BCUT2D eigenvalue weighted by Crippen LogP contribution is 2.28. The molecule has 94 valence electrons. The average Bonchev–Trinajstić information content (AvgIpc) is 2.36. The van der Waals surface area contributed by atoms with Crippen molar-refractivity contribution in [3.63, 3.8) is 0 Å². The number of fused-ring (bicyclic) bond motifs is 1. The van der Waals surface area contributed by atoms with Crippen molar-refractivity contribution in [1.82, 2.24) is 0 Å². The highest BCUT2D eigenvalue weighted by Gasteiger charge is 2.19. The van der Waals surface area contributed by atoms with Gasteiger partial charge in [-0.1, -0.05) is 37.3 Å². The quantitative estimate of drug-likeness (QED) is 0.817. The van der Waals surface area contributed by atoms with Crippen LogP contribution in [-0.2, 0) is 11.2 Å². The summed E-state index contributed by atoms with van der Waals surface area (Å²) in [5.41, 5.74) is 1.33. The van der Waals surface area contributed by atoms with Crippen molar-refractivity contribution in [3.05, 3.63) is 42.0 Å². The summed E-state index contributed by atoms with van der Waals surface area (Å²) in [7, 11) is 0. The van der Waals surface area contributed by atoms with Gasteiger partial charge in [0.05, 0.1) is 19.8 Å². The van der Waals surface area contributed by atoms with Gasteiger partial charge in [0.25, 0.3) is 0 Å². The first-order chi connectivity index (χ1) is 8.86. The number of rotatable bonds is 4. The molecule has 0 amide bonds. The number of benzene rings is 2. The molecule has 18 heavy (non-hydrogen) atoms. The zero-order chi connectivity index (χ0) is 12.4. The molecule has 0 aromatic heterocycles. The van der Waals surface area contributed by atoms with Crippen molar-refractivity contribution in [2.45, 2.75) is 13.3 Å². The summed E-state index contributed by atoms with van der Waals surface area (Å²) in [6.07, 6.45) is 1.04. The molecule has 0 saturated carbocycles. The van der Waals surface area contributed by atoms with Gasteiger partial charge in [-0.15, -0.1) is 0 Å². The molecular formula is C16H18O2. The van der Waals surface area contributed by atoms with E-state index in [2.05, 4.69) is 43.3 Å². The van der Waals surface area contributed by atoms with Gasteiger partial charge in [0.2, 0.25) is 0 Å². The number of hydrogen-bond donors (Lipinski definition) is 0. The first-order valence-corrected chi connectivity index (χ1v) is 6.59. The first kappa shape index (κ1) is 11.5. The summed E-state index contributed by atoms with van der Waals surface area (Å²) in [5.74, 6) is 1.57. The van der Waals surface area contributed by atoms with E-state index < -0.39 is 0 Å². The van der Waals surface area contributed by atoms with Crippen LogP contribution in [0.3, 0.4) is 0 Å². The van der Waals surface area contributed by atoms with E-state index in [4.69, 9.17) is 9.47 Å². The minimum absolute atomic E-state index is 0.564. The van der Waals surface area contributed by atoms with Crippen LogP contribution in [0.5, 0.6) is 5.75 Å². The highest BCUT2D eigenvalue weighted by molar-refractivity contribution is 5.89. The summed E-state index contributed by atoms with van der Waals surface area (Å²) >= 11 is 0. The predicted molar refractivity (Wildman–Crippen MR) is 73.1 cm³/mol. The van der Waals surface area contributed by atoms with E-state index in [1.807, 2.05) is 0 Å². The number of ether oxygens (including phenoxy) is 2. The van der Waals surface area contributed by atoms with Crippen molar-refractivity contribution in [2.24, 2.45) is 5.92 Å². The van der Waals surface area contributed by atoms with Crippen LogP contribution in [0.15, 0.2) is 36.4 Å². The van der Waals surface area contributed by atoms with Crippen molar-refractivity contribution in [3.8, 4) is 5.75 Å². The average molecular weight is 242 g/mol. The maximum Gasteiger partial charge on any atom is 0.127 e. The van der Waals surface area contributed by atoms with E-state index in [1.165, 1.54) is 16.3 Å². The summed E-state index contributed by atoms with van der Waals surface area (Å²) in [6.45, 7) is 4.61. The number of hydrogen-bond acceptors (Lipinski definition) is 2. The summed E-state index contributed by atoms with van der Waals surface area (Å²) in [5, 5.41) is 2.46. The molecule has 0 bridgehead atoms. The van der Waals surface area contributed by atoms with Crippen molar-refractivity contribution in [2.75, 3.05) is 19.8 Å². The normalized spacial score (nSPS) is 15.6. The minimum Gasteiger partial charge on any atom is -0.492 e. The maximum absolute atomic E-state index is 5.99. The van der Waals surface area contributed by atoms with E-state index in [0.29, 0.717) is 5.92 Å². The van der Waals surface area contributed by atoms with Gasteiger partial charge < -0.3 is 9.47 Å². The van der Waals surface area contributed by atoms with Gasteiger partial charge in [-0.2, -0.15) is 0 Å². The van der Waals surface area contributed by atoms with Crippen LogP contribution in [0.2, 0.25) is 0 Å². The van der Waals surface area contributed by atoms with Gasteiger partial charge in [-0.25, -0.2) is 0 Å². The second-order valence-electron chi connectivity index (χ2n) is 4.88. The number of aryl methyl sites for hydroxylation is 1. The second kappa shape index (κ2) is 4.99. The Kier molecular flexibility index (Phi) is 3.20. The maximum atomic E-state index is 5.99. The lowest BCUT2D eigenvalue weighted by Crippen LogP contribution is -2.32. The SMILES string of the molecule is CCc1cc(OCC2COC2)c2ccccc2c1. The molecule has 1 heterocycles. The van der Waals surface area contributed by atoms with E-state index >= 15 is 0 Å². The molecule has 2 nitrogen and oxygen atoms in total. The van der Waals surface area contributed by atoms with E-state index in [9.17, 15) is 0 Å². The molecule has 2 aromatic rings. The molecule has 0 N–H and O–H groups in total. The zero-order valence-electron chi connectivity index (χ0n) is 10.7. The summed E-state index contributed by atoms with van der Waals surface area (Å²) in [4.78, 5) is 0. The molecule has 2 aromatic carbocycles. The van der Waals surface area contributed by atoms with Crippen molar-refractivity contribution < 1.29 is 9.47 Å². The molecule has 0 spiro atoms. The van der Waals surface area contributed by atoms with Crippen LogP contribution in [0, 0.1) is 5.92 Å². The third-order valence-corrected chi connectivity index (χ3v) is 3.47. The molecule has 0 atom stereocenters. The minimum atomic E-state index is 0.564. The van der Waals surface area contributed by atoms with Crippen molar-refractivity contribution >= 4 is 10.8 Å². The van der Waals surface area contributed by atoms with Crippen LogP contribution < -0.4 is 4.74 Å². The van der Waals surface area contributed by atoms with Crippen LogP contribution in [0.25, 0.3) is 10.8 Å². The molecule has 1 saturated heterocycles. The van der Waals surface area contributed by atoms with Gasteiger partial charge in [0, 0.05) is 11.3 Å². The summed E-state index contributed by atoms with van der Waals surface area (Å²) < 4.78 is 11.2. The lowest BCUT2D eigenvalue weighted by Gasteiger charge is -2.26. The standard InChI is InChI=1S/C16H18O2/c1-2-12-7-14-5-3-4-6-15(14)16(8-12)18-11-13-9-17-10-13/h3-8,13H,2,9-11H2,1H3. The molecule has 1 fully saturated rings. The van der Waals surface area contributed by atoms with Gasteiger partial charge in [-0.3, -0.25) is 0 Å². The molecule has 1 aliphatic rings. The Labute approximate surface area is 108 Å². The second-order valence-corrected chi connectivity index (χ2v) is 4.88. The highest BCUT2D eigenvalue weighted by atomic mass is 16.5. The van der Waals surface area contributed by atoms with Gasteiger partial charge in [0.1, 0.15) is 5.75 Å². The summed E-state index contributed by atoms with van der Waals surface area (Å²) in [6, 6.07) is 12.8. The fourth-order valence-corrected chi connectivity index (χ4v) is 2.25. The molecular weight excluding hydrogens is 224 g/mol. The molecule has 0 radical (unpaired) electrons. The smallest absolute Gasteiger partial charge is 0.127 e. The first-order valence-electron chi connectivity index (χ1n) is 6.59. The monoisotopic (exact) mass is 242 g/mol. The topological polar surface area (TPSA) is 18.5 Å². The third-order valence-electron chi connectivity index (χ3n) is 3.47. The fourth-order valence-electron chi connectivity index (χ4n) is 2.25. The molecule has 0 aliphatic carbocycles. The lowest BCUT2D eigenvalue weighted by molar-refractivity contribution is -0.0506. The third kappa shape index (κ3) is 2.21.